The molecule has 17 heavy (non-hydrogen) atoms. The van der Waals surface area contributed by atoms with Gasteiger partial charge in [-0.25, -0.2) is 9.66 Å². The Morgan fingerprint density at radius 3 is 2.71 bits per heavy atom. The van der Waals surface area contributed by atoms with Crippen LogP contribution < -0.4 is 11.6 Å². The second-order valence-electron chi connectivity index (χ2n) is 3.97. The second-order valence-corrected chi connectivity index (χ2v) is 3.97. The predicted molar refractivity (Wildman–Crippen MR) is 67.7 cm³/mol. The van der Waals surface area contributed by atoms with Crippen molar-refractivity contribution in [1.29, 1.82) is 0 Å². The third-order valence-electron chi connectivity index (χ3n) is 2.73. The van der Waals surface area contributed by atoms with E-state index in [1.54, 1.807) is 6.20 Å². The minimum Gasteiger partial charge on any atom is -0.382 e. The van der Waals surface area contributed by atoms with Gasteiger partial charge in [0, 0.05) is 24.7 Å². The quantitative estimate of drug-likeness (QED) is 0.773. The number of hydrogen-bond acceptors (Lipinski definition) is 4. The number of rotatable bonds is 4. The highest BCUT2D eigenvalue weighted by atomic mass is 15.4. The van der Waals surface area contributed by atoms with Crippen LogP contribution in [0.5, 0.6) is 0 Å². The summed E-state index contributed by atoms with van der Waals surface area (Å²) in [6.45, 7) is 4.94. The van der Waals surface area contributed by atoms with Crippen LogP contribution in [0.3, 0.4) is 0 Å². The lowest BCUT2D eigenvalue weighted by atomic mass is 10.2. The molecule has 2 rings (SSSR count). The average molecular weight is 234 g/mol. The zero-order chi connectivity index (χ0) is 12.4. The third kappa shape index (κ3) is 1.98. The molecule has 2 aromatic rings. The molecule has 6 nitrogen and oxygen atoms in total. The highest BCUT2D eigenvalue weighted by Gasteiger charge is 2.15. The molecule has 0 atom stereocenters. The Morgan fingerprint density at radius 2 is 2.12 bits per heavy atom. The largest absolute Gasteiger partial charge is 0.382 e. The summed E-state index contributed by atoms with van der Waals surface area (Å²) in [6.07, 6.45) is 5.50. The number of nitrogens with zero attached hydrogens (tertiary/aromatic N) is 4. The van der Waals surface area contributed by atoms with Crippen LogP contribution in [0.1, 0.15) is 26.1 Å². The van der Waals surface area contributed by atoms with Crippen molar-refractivity contribution in [2.24, 2.45) is 0 Å². The SMILES string of the molecule is CCCc1nc(-c2cnn(CC)c2)c(N)n1N. The molecule has 0 bridgehead atoms. The fourth-order valence-electron chi connectivity index (χ4n) is 1.76. The van der Waals surface area contributed by atoms with E-state index in [4.69, 9.17) is 11.6 Å². The normalized spacial score (nSPS) is 10.9. The molecule has 0 saturated carbocycles. The van der Waals surface area contributed by atoms with E-state index >= 15 is 0 Å². The molecule has 92 valence electrons. The van der Waals surface area contributed by atoms with Crippen LogP contribution in [0, 0.1) is 0 Å². The maximum absolute atomic E-state index is 5.95. The van der Waals surface area contributed by atoms with Gasteiger partial charge in [0.2, 0.25) is 0 Å². The lowest BCUT2D eigenvalue weighted by Crippen LogP contribution is -2.15. The standard InChI is InChI=1S/C11H18N6/c1-3-5-9-15-10(11(12)17(9)13)8-6-14-16(4-2)7-8/h6-7H,3-5,12-13H2,1-2H3. The van der Waals surface area contributed by atoms with E-state index < -0.39 is 0 Å². The van der Waals surface area contributed by atoms with Crippen molar-refractivity contribution >= 4 is 5.82 Å². The van der Waals surface area contributed by atoms with Gasteiger partial charge in [-0.15, -0.1) is 0 Å². The summed E-state index contributed by atoms with van der Waals surface area (Å²) in [5.41, 5.74) is 7.58. The summed E-state index contributed by atoms with van der Waals surface area (Å²) >= 11 is 0. The molecule has 0 aromatic carbocycles. The van der Waals surface area contributed by atoms with E-state index in [1.165, 1.54) is 4.68 Å². The second kappa shape index (κ2) is 4.48. The monoisotopic (exact) mass is 234 g/mol. The number of nitrogen functional groups attached to an aromatic ring is 2. The molecule has 0 aliphatic heterocycles. The summed E-state index contributed by atoms with van der Waals surface area (Å²) in [4.78, 5) is 4.48. The number of aromatic nitrogens is 4. The fraction of sp³-hybridized carbons (Fsp3) is 0.455. The van der Waals surface area contributed by atoms with Crippen molar-refractivity contribution in [2.45, 2.75) is 33.2 Å². The zero-order valence-electron chi connectivity index (χ0n) is 10.2. The Bertz CT molecular complexity index is 510. The number of nitrogens with two attached hydrogens (primary N) is 2. The summed E-state index contributed by atoms with van der Waals surface area (Å²) in [5, 5.41) is 4.21. The molecular weight excluding hydrogens is 216 g/mol. The van der Waals surface area contributed by atoms with Crippen molar-refractivity contribution in [3.63, 3.8) is 0 Å². The molecule has 6 heteroatoms. The van der Waals surface area contributed by atoms with E-state index in [9.17, 15) is 0 Å². The van der Waals surface area contributed by atoms with Crippen molar-refractivity contribution in [3.8, 4) is 11.3 Å². The molecule has 0 aliphatic carbocycles. The van der Waals surface area contributed by atoms with Crippen LogP contribution >= 0.6 is 0 Å². The Morgan fingerprint density at radius 1 is 1.35 bits per heavy atom. The van der Waals surface area contributed by atoms with Gasteiger partial charge in [0.1, 0.15) is 11.5 Å². The molecular formula is C11H18N6. The number of anilines is 1. The van der Waals surface area contributed by atoms with Crippen molar-refractivity contribution < 1.29 is 0 Å². The van der Waals surface area contributed by atoms with Gasteiger partial charge in [-0.2, -0.15) is 5.10 Å². The molecule has 0 unspecified atom stereocenters. The van der Waals surface area contributed by atoms with Crippen LogP contribution in [-0.2, 0) is 13.0 Å². The summed E-state index contributed by atoms with van der Waals surface area (Å²) in [5.74, 6) is 7.17. The van der Waals surface area contributed by atoms with E-state index in [0.717, 1.165) is 36.5 Å². The van der Waals surface area contributed by atoms with Crippen LogP contribution in [0.2, 0.25) is 0 Å². The predicted octanol–water partition coefficient (Wildman–Crippen LogP) is 1.01. The molecule has 0 fully saturated rings. The lowest BCUT2D eigenvalue weighted by molar-refractivity contribution is 0.660. The molecule has 2 aromatic heterocycles. The average Bonchev–Trinajstić information content (AvgIpc) is 2.89. The maximum Gasteiger partial charge on any atom is 0.150 e. The van der Waals surface area contributed by atoms with Gasteiger partial charge in [0.05, 0.1) is 6.20 Å². The summed E-state index contributed by atoms with van der Waals surface area (Å²) in [6, 6.07) is 0. The van der Waals surface area contributed by atoms with Gasteiger partial charge in [0.15, 0.2) is 5.82 Å². The zero-order valence-corrected chi connectivity index (χ0v) is 10.2. The maximum atomic E-state index is 5.95. The fourth-order valence-corrected chi connectivity index (χ4v) is 1.76. The van der Waals surface area contributed by atoms with Crippen LogP contribution in [0.15, 0.2) is 12.4 Å². The van der Waals surface area contributed by atoms with Gasteiger partial charge in [-0.1, -0.05) is 6.92 Å². The summed E-state index contributed by atoms with van der Waals surface area (Å²) in [7, 11) is 0. The van der Waals surface area contributed by atoms with Gasteiger partial charge in [0.25, 0.3) is 0 Å². The highest BCUT2D eigenvalue weighted by Crippen LogP contribution is 2.24. The van der Waals surface area contributed by atoms with Crippen molar-refractivity contribution in [3.05, 3.63) is 18.2 Å². The first kappa shape index (κ1) is 11.5. The van der Waals surface area contributed by atoms with Crippen molar-refractivity contribution in [1.82, 2.24) is 19.4 Å². The van der Waals surface area contributed by atoms with Crippen LogP contribution in [0.25, 0.3) is 11.3 Å². The minimum atomic E-state index is 0.490. The van der Waals surface area contributed by atoms with Gasteiger partial charge < -0.3 is 11.6 Å². The Hall–Kier alpha value is -1.98. The molecule has 2 heterocycles. The Balaban J connectivity index is 2.41. The summed E-state index contributed by atoms with van der Waals surface area (Å²) < 4.78 is 3.30. The first-order chi connectivity index (χ1) is 8.17. The molecule has 4 N–H and O–H groups in total. The van der Waals surface area contributed by atoms with E-state index in [-0.39, 0.29) is 0 Å². The molecule has 0 spiro atoms. The van der Waals surface area contributed by atoms with E-state index in [0.29, 0.717) is 5.82 Å². The van der Waals surface area contributed by atoms with Crippen LogP contribution in [0.4, 0.5) is 5.82 Å². The van der Waals surface area contributed by atoms with Crippen LogP contribution in [-0.4, -0.2) is 19.4 Å². The smallest absolute Gasteiger partial charge is 0.150 e. The molecule has 0 aliphatic rings. The Labute approximate surface area is 100 Å². The first-order valence-electron chi connectivity index (χ1n) is 5.82. The number of aryl methyl sites for hydroxylation is 2. The molecule has 0 saturated heterocycles. The minimum absolute atomic E-state index is 0.490. The molecule has 0 amide bonds. The first-order valence-corrected chi connectivity index (χ1v) is 5.82. The van der Waals surface area contributed by atoms with Gasteiger partial charge in [-0.3, -0.25) is 4.68 Å². The highest BCUT2D eigenvalue weighted by molar-refractivity contribution is 5.69. The topological polar surface area (TPSA) is 87.7 Å². The Kier molecular flexibility index (Phi) is 3.03. The number of imidazole rings is 1. The van der Waals surface area contributed by atoms with Gasteiger partial charge in [-0.05, 0) is 13.3 Å². The number of hydrogen-bond donors (Lipinski definition) is 2. The van der Waals surface area contributed by atoms with E-state index in [1.807, 2.05) is 17.8 Å². The van der Waals surface area contributed by atoms with Crippen molar-refractivity contribution in [2.75, 3.05) is 11.6 Å². The third-order valence-corrected chi connectivity index (χ3v) is 2.73. The molecule has 0 radical (unpaired) electrons. The van der Waals surface area contributed by atoms with E-state index in [2.05, 4.69) is 17.0 Å². The van der Waals surface area contributed by atoms with Gasteiger partial charge >= 0.3 is 0 Å². The lowest BCUT2D eigenvalue weighted by Gasteiger charge is -1.99.